The number of rotatable bonds is 6. The van der Waals surface area contributed by atoms with E-state index in [-0.39, 0.29) is 22.5 Å². The van der Waals surface area contributed by atoms with E-state index in [4.69, 9.17) is 5.26 Å². The summed E-state index contributed by atoms with van der Waals surface area (Å²) in [7, 11) is 0.168. The Morgan fingerprint density at radius 2 is 2.05 bits per heavy atom. The summed E-state index contributed by atoms with van der Waals surface area (Å²) < 4.78 is 27.2. The Kier molecular flexibility index (Phi) is 5.62. The van der Waals surface area contributed by atoms with Crippen molar-refractivity contribution in [2.75, 3.05) is 20.6 Å². The van der Waals surface area contributed by atoms with Crippen LogP contribution in [0.5, 0.6) is 0 Å². The van der Waals surface area contributed by atoms with E-state index in [1.807, 2.05) is 38.9 Å². The van der Waals surface area contributed by atoms with Gasteiger partial charge in [0.15, 0.2) is 0 Å². The molecule has 1 aromatic heterocycles. The maximum atomic E-state index is 12.3. The average molecular weight is 296 g/mol. The number of pyridine rings is 1. The number of likely N-dealkylation sites (N-methyl/N-ethyl adjacent to an activating group) is 1. The summed E-state index contributed by atoms with van der Waals surface area (Å²) in [5, 5.41) is 8.67. The van der Waals surface area contributed by atoms with Crippen LogP contribution in [0.25, 0.3) is 0 Å². The molecular formula is C13H20N4O2S. The van der Waals surface area contributed by atoms with Gasteiger partial charge < -0.3 is 4.90 Å². The van der Waals surface area contributed by atoms with Gasteiger partial charge in [0.05, 0.1) is 0 Å². The monoisotopic (exact) mass is 296 g/mol. The first-order chi connectivity index (χ1) is 9.26. The van der Waals surface area contributed by atoms with Gasteiger partial charge in [0.2, 0.25) is 10.0 Å². The van der Waals surface area contributed by atoms with E-state index in [2.05, 4.69) is 9.71 Å². The first-order valence-corrected chi connectivity index (χ1v) is 7.78. The molecule has 0 saturated carbocycles. The molecule has 1 unspecified atom stereocenters. The van der Waals surface area contributed by atoms with Crippen LogP contribution in [-0.4, -0.2) is 45.0 Å². The molecule has 0 aromatic carbocycles. The van der Waals surface area contributed by atoms with Gasteiger partial charge in [-0.15, -0.1) is 0 Å². The van der Waals surface area contributed by atoms with Crippen LogP contribution in [0.3, 0.4) is 0 Å². The fourth-order valence-electron chi connectivity index (χ4n) is 1.65. The third-order valence-corrected chi connectivity index (χ3v) is 4.31. The SMILES string of the molecule is CC(C)C(CN(C)C)NS(=O)(=O)c1ccc(C#N)nc1. The van der Waals surface area contributed by atoms with E-state index in [9.17, 15) is 8.42 Å². The van der Waals surface area contributed by atoms with Gasteiger partial charge in [-0.1, -0.05) is 13.8 Å². The molecule has 1 atom stereocenters. The minimum atomic E-state index is -3.62. The van der Waals surface area contributed by atoms with Crippen molar-refractivity contribution in [2.24, 2.45) is 5.92 Å². The largest absolute Gasteiger partial charge is 0.308 e. The lowest BCUT2D eigenvalue weighted by Gasteiger charge is -2.25. The van der Waals surface area contributed by atoms with Gasteiger partial charge in [-0.05, 0) is 32.1 Å². The summed E-state index contributed by atoms with van der Waals surface area (Å²) in [5.41, 5.74) is 0.192. The molecule has 0 aliphatic rings. The van der Waals surface area contributed by atoms with Gasteiger partial charge in [-0.25, -0.2) is 18.1 Å². The standard InChI is InChI=1S/C13H20N4O2S/c1-10(2)13(9-17(3)4)16-20(18,19)12-6-5-11(7-14)15-8-12/h5-6,8,10,13,16H,9H2,1-4H3. The molecule has 6 nitrogen and oxygen atoms in total. The Labute approximate surface area is 120 Å². The van der Waals surface area contributed by atoms with Crippen LogP contribution in [0.15, 0.2) is 23.2 Å². The molecule has 0 fully saturated rings. The molecule has 0 aliphatic carbocycles. The third-order valence-electron chi connectivity index (χ3n) is 2.83. The summed E-state index contributed by atoms with van der Waals surface area (Å²) in [4.78, 5) is 5.79. The number of nitrogens with one attached hydrogen (secondary N) is 1. The molecule has 0 aliphatic heterocycles. The third kappa shape index (κ3) is 4.56. The zero-order valence-electron chi connectivity index (χ0n) is 12.2. The zero-order chi connectivity index (χ0) is 15.3. The summed E-state index contributed by atoms with van der Waals surface area (Å²) >= 11 is 0. The molecule has 20 heavy (non-hydrogen) atoms. The van der Waals surface area contributed by atoms with Crippen LogP contribution in [-0.2, 0) is 10.0 Å². The van der Waals surface area contributed by atoms with Crippen LogP contribution in [0.1, 0.15) is 19.5 Å². The van der Waals surface area contributed by atoms with E-state index >= 15 is 0 Å². The molecule has 110 valence electrons. The lowest BCUT2D eigenvalue weighted by Crippen LogP contribution is -2.44. The number of hydrogen-bond donors (Lipinski definition) is 1. The Morgan fingerprint density at radius 1 is 1.40 bits per heavy atom. The van der Waals surface area contributed by atoms with Crippen molar-refractivity contribution < 1.29 is 8.42 Å². The van der Waals surface area contributed by atoms with Crippen molar-refractivity contribution in [2.45, 2.75) is 24.8 Å². The van der Waals surface area contributed by atoms with E-state index in [0.29, 0.717) is 6.54 Å². The lowest BCUT2D eigenvalue weighted by molar-refractivity contribution is 0.314. The molecule has 0 amide bonds. The first kappa shape index (κ1) is 16.6. The van der Waals surface area contributed by atoms with Crippen molar-refractivity contribution in [1.29, 1.82) is 5.26 Å². The number of hydrogen-bond acceptors (Lipinski definition) is 5. The highest BCUT2D eigenvalue weighted by Gasteiger charge is 2.23. The van der Waals surface area contributed by atoms with Crippen LogP contribution in [0.2, 0.25) is 0 Å². The second-order valence-corrected chi connectivity index (χ2v) is 6.94. The summed E-state index contributed by atoms with van der Waals surface area (Å²) in [6.45, 7) is 4.54. The van der Waals surface area contributed by atoms with E-state index < -0.39 is 10.0 Å². The molecule has 0 saturated heterocycles. The highest BCUT2D eigenvalue weighted by atomic mass is 32.2. The molecule has 7 heteroatoms. The summed E-state index contributed by atoms with van der Waals surface area (Å²) in [5.74, 6) is 0.165. The molecule has 0 bridgehead atoms. The lowest BCUT2D eigenvalue weighted by atomic mass is 10.1. The Balaban J connectivity index is 2.94. The smallest absolute Gasteiger partial charge is 0.242 e. The highest BCUT2D eigenvalue weighted by Crippen LogP contribution is 2.11. The predicted molar refractivity (Wildman–Crippen MR) is 76.5 cm³/mol. The van der Waals surface area contributed by atoms with Gasteiger partial charge in [0, 0.05) is 18.8 Å². The molecule has 1 rings (SSSR count). The molecule has 1 heterocycles. The molecule has 0 radical (unpaired) electrons. The van der Waals surface area contributed by atoms with Gasteiger partial charge in [0.25, 0.3) is 0 Å². The highest BCUT2D eigenvalue weighted by molar-refractivity contribution is 7.89. The topological polar surface area (TPSA) is 86.1 Å². The van der Waals surface area contributed by atoms with Crippen molar-refractivity contribution in [1.82, 2.24) is 14.6 Å². The molecule has 0 spiro atoms. The minimum Gasteiger partial charge on any atom is -0.308 e. The Bertz CT molecular complexity index is 573. The van der Waals surface area contributed by atoms with Gasteiger partial charge in [0.1, 0.15) is 16.7 Å². The van der Waals surface area contributed by atoms with E-state index in [0.717, 1.165) is 0 Å². The number of aromatic nitrogens is 1. The minimum absolute atomic E-state index is 0.0703. The predicted octanol–water partition coefficient (Wildman–Crippen LogP) is 0.818. The number of nitriles is 1. The van der Waals surface area contributed by atoms with Crippen LogP contribution >= 0.6 is 0 Å². The van der Waals surface area contributed by atoms with Crippen molar-refractivity contribution in [3.05, 3.63) is 24.0 Å². The average Bonchev–Trinajstić information content (AvgIpc) is 2.37. The summed E-state index contributed by atoms with van der Waals surface area (Å²) in [6, 6.07) is 4.45. The molecule has 1 N–H and O–H groups in total. The van der Waals surface area contributed by atoms with E-state index in [1.54, 1.807) is 0 Å². The zero-order valence-corrected chi connectivity index (χ0v) is 13.0. The Morgan fingerprint density at radius 3 is 2.45 bits per heavy atom. The van der Waals surface area contributed by atoms with Crippen LogP contribution in [0.4, 0.5) is 0 Å². The maximum Gasteiger partial charge on any atom is 0.242 e. The van der Waals surface area contributed by atoms with Crippen LogP contribution < -0.4 is 4.72 Å². The first-order valence-electron chi connectivity index (χ1n) is 6.29. The normalized spacial score (nSPS) is 13.4. The van der Waals surface area contributed by atoms with Crippen molar-refractivity contribution >= 4 is 10.0 Å². The second-order valence-electron chi connectivity index (χ2n) is 5.22. The fourth-order valence-corrected chi connectivity index (χ4v) is 2.97. The summed E-state index contributed by atoms with van der Waals surface area (Å²) in [6.07, 6.45) is 1.20. The number of sulfonamides is 1. The van der Waals surface area contributed by atoms with Crippen molar-refractivity contribution in [3.63, 3.8) is 0 Å². The van der Waals surface area contributed by atoms with E-state index in [1.165, 1.54) is 18.3 Å². The van der Waals surface area contributed by atoms with Gasteiger partial charge in [-0.2, -0.15) is 5.26 Å². The van der Waals surface area contributed by atoms with Gasteiger partial charge >= 0.3 is 0 Å². The number of nitrogens with zero attached hydrogens (tertiary/aromatic N) is 3. The Hall–Kier alpha value is -1.49. The maximum absolute atomic E-state index is 12.3. The fraction of sp³-hybridized carbons (Fsp3) is 0.538. The molecular weight excluding hydrogens is 276 g/mol. The second kappa shape index (κ2) is 6.79. The van der Waals surface area contributed by atoms with Crippen molar-refractivity contribution in [3.8, 4) is 6.07 Å². The quantitative estimate of drug-likeness (QED) is 0.840. The van der Waals surface area contributed by atoms with Gasteiger partial charge in [-0.3, -0.25) is 0 Å². The molecule has 1 aromatic rings. The van der Waals surface area contributed by atoms with Crippen LogP contribution in [0, 0.1) is 17.2 Å².